The Kier molecular flexibility index (Phi) is 5.09. The second kappa shape index (κ2) is 5.89. The van der Waals surface area contributed by atoms with Gasteiger partial charge in [-0.25, -0.2) is 0 Å². The van der Waals surface area contributed by atoms with Crippen molar-refractivity contribution >= 4 is 40.4 Å². The summed E-state index contributed by atoms with van der Waals surface area (Å²) in [4.78, 5) is 12.8. The quantitative estimate of drug-likeness (QED) is 0.824. The van der Waals surface area contributed by atoms with E-state index in [0.717, 1.165) is 10.8 Å². The monoisotopic (exact) mass is 279 g/mol. The van der Waals surface area contributed by atoms with E-state index in [0.29, 0.717) is 12.4 Å². The van der Waals surface area contributed by atoms with Crippen LogP contribution in [0.1, 0.15) is 18.7 Å². The van der Waals surface area contributed by atoms with Gasteiger partial charge in [-0.05, 0) is 32.4 Å². The van der Waals surface area contributed by atoms with E-state index in [-0.39, 0.29) is 5.91 Å². The van der Waals surface area contributed by atoms with Crippen molar-refractivity contribution < 1.29 is 4.79 Å². The zero-order valence-electron chi connectivity index (χ0n) is 9.35. The van der Waals surface area contributed by atoms with Gasteiger partial charge in [0.15, 0.2) is 0 Å². The van der Waals surface area contributed by atoms with Gasteiger partial charge in [-0.3, -0.25) is 4.79 Å². The van der Waals surface area contributed by atoms with E-state index in [2.05, 4.69) is 5.32 Å². The molecule has 1 aromatic rings. The molecule has 5 heteroatoms. The Morgan fingerprint density at radius 3 is 2.69 bits per heavy atom. The highest BCUT2D eigenvalue weighted by Gasteiger charge is 2.25. The van der Waals surface area contributed by atoms with Gasteiger partial charge in [0, 0.05) is 17.3 Å². The Balaban J connectivity index is 2.33. The largest absolute Gasteiger partial charge is 0.355 e. The van der Waals surface area contributed by atoms with Crippen LogP contribution in [0.3, 0.4) is 0 Å². The van der Waals surface area contributed by atoms with Gasteiger partial charge < -0.3 is 5.32 Å². The number of amides is 1. The maximum atomic E-state index is 11.7. The Morgan fingerprint density at radius 1 is 1.50 bits per heavy atom. The summed E-state index contributed by atoms with van der Waals surface area (Å²) in [5.74, 6) is 0.314. The molecule has 1 rings (SSSR count). The minimum absolute atomic E-state index is 0.00912. The van der Waals surface area contributed by atoms with E-state index < -0.39 is 5.41 Å². The second-order valence-electron chi connectivity index (χ2n) is 4.23. The number of rotatable bonds is 5. The average Bonchev–Trinajstić information content (AvgIpc) is 2.64. The fourth-order valence-electron chi connectivity index (χ4n) is 1.09. The summed E-state index contributed by atoms with van der Waals surface area (Å²) in [6.07, 6.45) is 0.807. The zero-order chi connectivity index (χ0) is 12.2. The van der Waals surface area contributed by atoms with Gasteiger partial charge >= 0.3 is 0 Å². The van der Waals surface area contributed by atoms with Crippen LogP contribution in [0.25, 0.3) is 0 Å². The van der Waals surface area contributed by atoms with Gasteiger partial charge in [0.2, 0.25) is 5.91 Å². The molecule has 0 aromatic carbocycles. The van der Waals surface area contributed by atoms with Crippen LogP contribution in [0.2, 0.25) is 4.34 Å². The number of carbonyl (C=O) groups is 1. The summed E-state index contributed by atoms with van der Waals surface area (Å²) >= 11 is 13.1. The Bertz CT molecular complexity index is 363. The fourth-order valence-corrected chi connectivity index (χ4v) is 2.29. The van der Waals surface area contributed by atoms with Crippen molar-refractivity contribution in [3.63, 3.8) is 0 Å². The van der Waals surface area contributed by atoms with Gasteiger partial charge in [-0.15, -0.1) is 22.9 Å². The van der Waals surface area contributed by atoms with Crippen molar-refractivity contribution in [3.8, 4) is 0 Å². The van der Waals surface area contributed by atoms with Crippen LogP contribution in [-0.2, 0) is 11.2 Å². The smallest absolute Gasteiger partial charge is 0.226 e. The van der Waals surface area contributed by atoms with E-state index in [9.17, 15) is 4.79 Å². The number of nitrogens with one attached hydrogen (secondary N) is 1. The van der Waals surface area contributed by atoms with Crippen molar-refractivity contribution in [3.05, 3.63) is 21.3 Å². The highest BCUT2D eigenvalue weighted by Crippen LogP contribution is 2.21. The highest BCUT2D eigenvalue weighted by atomic mass is 35.5. The number of hydrogen-bond acceptors (Lipinski definition) is 2. The van der Waals surface area contributed by atoms with Gasteiger partial charge in [0.1, 0.15) is 0 Å². The first-order chi connectivity index (χ1) is 7.45. The van der Waals surface area contributed by atoms with E-state index in [1.54, 1.807) is 11.3 Å². The third kappa shape index (κ3) is 3.96. The van der Waals surface area contributed by atoms with Crippen LogP contribution < -0.4 is 5.32 Å². The molecular formula is C11H15Cl2NOS. The minimum atomic E-state index is -0.505. The van der Waals surface area contributed by atoms with Crippen LogP contribution in [0.4, 0.5) is 0 Å². The van der Waals surface area contributed by atoms with Crippen LogP contribution in [-0.4, -0.2) is 18.3 Å². The fraction of sp³-hybridized carbons (Fsp3) is 0.545. The van der Waals surface area contributed by atoms with Crippen LogP contribution >= 0.6 is 34.5 Å². The Morgan fingerprint density at radius 2 is 2.19 bits per heavy atom. The van der Waals surface area contributed by atoms with Gasteiger partial charge in [0.05, 0.1) is 9.75 Å². The lowest BCUT2D eigenvalue weighted by Crippen LogP contribution is -2.38. The molecule has 0 saturated carbocycles. The summed E-state index contributed by atoms with van der Waals surface area (Å²) in [7, 11) is 0. The van der Waals surface area contributed by atoms with Crippen molar-refractivity contribution in [1.29, 1.82) is 0 Å². The maximum absolute atomic E-state index is 11.7. The molecule has 0 unspecified atom stereocenters. The first kappa shape index (κ1) is 13.8. The van der Waals surface area contributed by atoms with Gasteiger partial charge in [-0.1, -0.05) is 11.6 Å². The Hall–Kier alpha value is -0.250. The molecule has 0 radical (unpaired) electrons. The average molecular weight is 280 g/mol. The van der Waals surface area contributed by atoms with Gasteiger partial charge in [0.25, 0.3) is 0 Å². The predicted molar refractivity (Wildman–Crippen MR) is 70.5 cm³/mol. The topological polar surface area (TPSA) is 29.1 Å². The normalized spacial score (nSPS) is 11.5. The number of halogens is 2. The summed E-state index contributed by atoms with van der Waals surface area (Å²) in [5.41, 5.74) is -0.505. The molecule has 90 valence electrons. The minimum Gasteiger partial charge on any atom is -0.355 e. The molecule has 16 heavy (non-hydrogen) atoms. The summed E-state index contributed by atoms with van der Waals surface area (Å²) in [6, 6.07) is 3.85. The van der Waals surface area contributed by atoms with E-state index >= 15 is 0 Å². The molecule has 1 amide bonds. The molecule has 1 heterocycles. The van der Waals surface area contributed by atoms with E-state index in [4.69, 9.17) is 23.2 Å². The van der Waals surface area contributed by atoms with E-state index in [1.165, 1.54) is 4.88 Å². The molecule has 1 aromatic heterocycles. The third-order valence-corrected chi connectivity index (χ3v) is 4.19. The van der Waals surface area contributed by atoms with E-state index in [1.807, 2.05) is 26.0 Å². The standard InChI is InChI=1S/C11H15Cl2NOS/c1-11(2,7-12)10(15)14-6-5-8-3-4-9(13)16-8/h3-4H,5-7H2,1-2H3,(H,14,15). The highest BCUT2D eigenvalue weighted by molar-refractivity contribution is 7.16. The number of carbonyl (C=O) groups excluding carboxylic acids is 1. The van der Waals surface area contributed by atoms with Gasteiger partial charge in [-0.2, -0.15) is 0 Å². The zero-order valence-corrected chi connectivity index (χ0v) is 11.7. The Labute approximate surface area is 110 Å². The molecular weight excluding hydrogens is 265 g/mol. The molecule has 2 nitrogen and oxygen atoms in total. The predicted octanol–water partition coefficient (Wildman–Crippen LogP) is 3.33. The molecule has 0 aliphatic carbocycles. The van der Waals surface area contributed by atoms with Crippen molar-refractivity contribution in [2.45, 2.75) is 20.3 Å². The third-order valence-electron chi connectivity index (χ3n) is 2.23. The summed E-state index contributed by atoms with van der Waals surface area (Å²) in [5, 5.41) is 2.87. The number of alkyl halides is 1. The SMILES string of the molecule is CC(C)(CCl)C(=O)NCCc1ccc(Cl)s1. The summed E-state index contributed by atoms with van der Waals surface area (Å²) in [6.45, 7) is 4.28. The van der Waals surface area contributed by atoms with Crippen LogP contribution in [0.5, 0.6) is 0 Å². The maximum Gasteiger partial charge on any atom is 0.226 e. The molecule has 0 spiro atoms. The first-order valence-electron chi connectivity index (χ1n) is 5.04. The van der Waals surface area contributed by atoms with Crippen molar-refractivity contribution in [2.24, 2.45) is 5.41 Å². The van der Waals surface area contributed by atoms with Crippen LogP contribution in [0.15, 0.2) is 12.1 Å². The number of thiophene rings is 1. The number of hydrogen-bond donors (Lipinski definition) is 1. The molecule has 1 N–H and O–H groups in total. The molecule has 0 bridgehead atoms. The molecule has 0 aliphatic rings. The second-order valence-corrected chi connectivity index (χ2v) is 6.30. The molecule has 0 saturated heterocycles. The lowest BCUT2D eigenvalue weighted by molar-refractivity contribution is -0.128. The molecule has 0 fully saturated rings. The molecule has 0 aliphatic heterocycles. The summed E-state index contributed by atoms with van der Waals surface area (Å²) < 4.78 is 0.780. The van der Waals surface area contributed by atoms with Crippen molar-refractivity contribution in [1.82, 2.24) is 5.32 Å². The van der Waals surface area contributed by atoms with Crippen LogP contribution in [0, 0.1) is 5.41 Å². The lowest BCUT2D eigenvalue weighted by atomic mass is 9.95. The first-order valence-corrected chi connectivity index (χ1v) is 6.77. The molecule has 0 atom stereocenters. The lowest BCUT2D eigenvalue weighted by Gasteiger charge is -2.20. The van der Waals surface area contributed by atoms with Crippen molar-refractivity contribution in [2.75, 3.05) is 12.4 Å².